The molecular formula is C13H20BNO6. The molecule has 0 bridgehead atoms. The first-order chi connectivity index (χ1) is 9.49. The van der Waals surface area contributed by atoms with Gasteiger partial charge in [0.05, 0.1) is 34.8 Å². The molecule has 0 aliphatic carbocycles. The second kappa shape index (κ2) is 6.01. The third-order valence-corrected chi connectivity index (χ3v) is 3.58. The maximum Gasteiger partial charge on any atom is 0.498 e. The Morgan fingerprint density at radius 2 is 1.86 bits per heavy atom. The number of nitro groups is 1. The number of methoxy groups -OCH3 is 1. The van der Waals surface area contributed by atoms with Crippen molar-refractivity contribution in [3.8, 4) is 5.75 Å². The van der Waals surface area contributed by atoms with Crippen LogP contribution in [0, 0.1) is 10.1 Å². The molecule has 116 valence electrons. The predicted molar refractivity (Wildman–Crippen MR) is 78.7 cm³/mol. The van der Waals surface area contributed by atoms with E-state index >= 15 is 0 Å². The molecule has 7 nitrogen and oxygen atoms in total. The fourth-order valence-corrected chi connectivity index (χ4v) is 1.50. The Kier molecular flexibility index (Phi) is 4.98. The number of ether oxygens (including phenoxy) is 1. The van der Waals surface area contributed by atoms with Crippen LogP contribution < -0.4 is 10.2 Å². The van der Waals surface area contributed by atoms with Crippen molar-refractivity contribution in [1.82, 2.24) is 0 Å². The average Bonchev–Trinajstić information content (AvgIpc) is 2.35. The van der Waals surface area contributed by atoms with Crippen LogP contribution in [0.15, 0.2) is 18.2 Å². The Morgan fingerprint density at radius 3 is 2.29 bits per heavy atom. The highest BCUT2D eigenvalue weighted by Gasteiger charge is 2.41. The summed E-state index contributed by atoms with van der Waals surface area (Å²) in [6.45, 7) is 6.24. The van der Waals surface area contributed by atoms with Crippen molar-refractivity contribution in [1.29, 1.82) is 0 Å². The first-order valence-corrected chi connectivity index (χ1v) is 6.40. The van der Waals surface area contributed by atoms with Crippen LogP contribution >= 0.6 is 0 Å². The summed E-state index contributed by atoms with van der Waals surface area (Å²) in [5, 5.41) is 31.2. The van der Waals surface area contributed by atoms with Gasteiger partial charge in [-0.05, 0) is 33.8 Å². The molecule has 2 N–H and O–H groups in total. The molecule has 0 aliphatic heterocycles. The van der Waals surface area contributed by atoms with Gasteiger partial charge in [0, 0.05) is 0 Å². The lowest BCUT2D eigenvalue weighted by Crippen LogP contribution is -2.53. The SMILES string of the molecule is COc1ccc(B(O)OC(C)(C)C(C)(C)O)c([N+](=O)[O-])c1. The van der Waals surface area contributed by atoms with Gasteiger partial charge < -0.3 is 19.5 Å². The normalized spacial score (nSPS) is 12.1. The largest absolute Gasteiger partial charge is 0.498 e. The van der Waals surface area contributed by atoms with Gasteiger partial charge in [0.2, 0.25) is 0 Å². The van der Waals surface area contributed by atoms with Gasteiger partial charge in [-0.25, -0.2) is 0 Å². The van der Waals surface area contributed by atoms with Crippen LogP contribution in [-0.2, 0) is 4.65 Å². The fraction of sp³-hybridized carbons (Fsp3) is 0.538. The minimum Gasteiger partial charge on any atom is -0.497 e. The lowest BCUT2D eigenvalue weighted by Gasteiger charge is -2.38. The van der Waals surface area contributed by atoms with E-state index in [2.05, 4.69) is 0 Å². The number of nitrogens with zero attached hydrogens (tertiary/aromatic N) is 1. The van der Waals surface area contributed by atoms with Gasteiger partial charge in [0.15, 0.2) is 0 Å². The Morgan fingerprint density at radius 1 is 1.29 bits per heavy atom. The van der Waals surface area contributed by atoms with Gasteiger partial charge in [0.1, 0.15) is 5.75 Å². The summed E-state index contributed by atoms with van der Waals surface area (Å²) >= 11 is 0. The summed E-state index contributed by atoms with van der Waals surface area (Å²) in [5.74, 6) is 0.305. The van der Waals surface area contributed by atoms with Gasteiger partial charge in [-0.1, -0.05) is 6.07 Å². The molecular weight excluding hydrogens is 277 g/mol. The zero-order valence-corrected chi connectivity index (χ0v) is 12.8. The number of hydrogen-bond donors (Lipinski definition) is 2. The second-order valence-corrected chi connectivity index (χ2v) is 5.72. The van der Waals surface area contributed by atoms with Crippen LogP contribution in [0.5, 0.6) is 5.75 Å². The predicted octanol–water partition coefficient (Wildman–Crippen LogP) is 0.857. The average molecular weight is 297 g/mol. The van der Waals surface area contributed by atoms with Gasteiger partial charge in [-0.15, -0.1) is 0 Å². The summed E-state index contributed by atoms with van der Waals surface area (Å²) in [4.78, 5) is 10.5. The summed E-state index contributed by atoms with van der Waals surface area (Å²) in [6, 6.07) is 4.06. The molecule has 0 heterocycles. The molecule has 0 unspecified atom stereocenters. The molecule has 0 aromatic heterocycles. The molecule has 1 aromatic rings. The number of benzene rings is 1. The lowest BCUT2D eigenvalue weighted by molar-refractivity contribution is -0.383. The maximum absolute atomic E-state index is 11.1. The van der Waals surface area contributed by atoms with Gasteiger partial charge in [-0.3, -0.25) is 10.1 Å². The second-order valence-electron chi connectivity index (χ2n) is 5.72. The number of aliphatic hydroxyl groups is 1. The Labute approximate surface area is 123 Å². The van der Waals surface area contributed by atoms with E-state index in [4.69, 9.17) is 9.39 Å². The van der Waals surface area contributed by atoms with E-state index in [0.29, 0.717) is 5.75 Å². The molecule has 0 atom stereocenters. The molecule has 1 aromatic carbocycles. The first-order valence-electron chi connectivity index (χ1n) is 6.40. The molecule has 0 aliphatic rings. The highest BCUT2D eigenvalue weighted by Crippen LogP contribution is 2.26. The monoisotopic (exact) mass is 297 g/mol. The Bertz CT molecular complexity index is 526. The van der Waals surface area contributed by atoms with Crippen LogP contribution in [0.3, 0.4) is 0 Å². The van der Waals surface area contributed by atoms with E-state index < -0.39 is 23.2 Å². The number of nitro benzene ring substituents is 1. The van der Waals surface area contributed by atoms with E-state index in [-0.39, 0.29) is 11.2 Å². The van der Waals surface area contributed by atoms with Crippen LogP contribution in [0.1, 0.15) is 27.7 Å². The molecule has 0 saturated carbocycles. The zero-order chi connectivity index (χ0) is 16.4. The van der Waals surface area contributed by atoms with Crippen molar-refractivity contribution < 1.29 is 24.4 Å². The number of rotatable bonds is 6. The maximum atomic E-state index is 11.1. The fourth-order valence-electron chi connectivity index (χ4n) is 1.50. The molecule has 1 rings (SSSR count). The molecule has 0 radical (unpaired) electrons. The molecule has 0 amide bonds. The summed E-state index contributed by atoms with van der Waals surface area (Å²) in [7, 11) is -0.152. The highest BCUT2D eigenvalue weighted by molar-refractivity contribution is 6.61. The van der Waals surface area contributed by atoms with E-state index in [1.807, 2.05) is 0 Å². The van der Waals surface area contributed by atoms with Crippen molar-refractivity contribution in [3.63, 3.8) is 0 Å². The van der Waals surface area contributed by atoms with Crippen molar-refractivity contribution >= 4 is 18.3 Å². The minimum absolute atomic E-state index is 0.00174. The molecule has 21 heavy (non-hydrogen) atoms. The summed E-state index contributed by atoms with van der Waals surface area (Å²) in [5.41, 5.74) is -2.67. The van der Waals surface area contributed by atoms with Crippen LogP contribution in [-0.4, -0.2) is 40.5 Å². The van der Waals surface area contributed by atoms with Crippen molar-refractivity contribution in [2.24, 2.45) is 0 Å². The minimum atomic E-state index is -1.54. The molecule has 0 saturated heterocycles. The van der Waals surface area contributed by atoms with Crippen molar-refractivity contribution in [3.05, 3.63) is 28.3 Å². The van der Waals surface area contributed by atoms with Gasteiger partial charge in [-0.2, -0.15) is 0 Å². The Hall–Kier alpha value is -1.64. The lowest BCUT2D eigenvalue weighted by atomic mass is 9.75. The topological polar surface area (TPSA) is 102 Å². The van der Waals surface area contributed by atoms with Crippen molar-refractivity contribution in [2.75, 3.05) is 7.11 Å². The van der Waals surface area contributed by atoms with E-state index in [0.717, 1.165) is 0 Å². The molecule has 0 fully saturated rings. The van der Waals surface area contributed by atoms with E-state index in [1.165, 1.54) is 39.2 Å². The quantitative estimate of drug-likeness (QED) is 0.458. The molecule has 0 spiro atoms. The van der Waals surface area contributed by atoms with E-state index in [1.54, 1.807) is 13.8 Å². The third kappa shape index (κ3) is 3.93. The van der Waals surface area contributed by atoms with Crippen LogP contribution in [0.25, 0.3) is 0 Å². The smallest absolute Gasteiger partial charge is 0.497 e. The Balaban J connectivity index is 3.13. The molecule has 8 heteroatoms. The van der Waals surface area contributed by atoms with Crippen LogP contribution in [0.4, 0.5) is 5.69 Å². The van der Waals surface area contributed by atoms with Gasteiger partial charge >= 0.3 is 7.12 Å². The number of hydrogen-bond acceptors (Lipinski definition) is 6. The van der Waals surface area contributed by atoms with E-state index in [9.17, 15) is 20.2 Å². The zero-order valence-electron chi connectivity index (χ0n) is 12.8. The third-order valence-electron chi connectivity index (χ3n) is 3.58. The standard InChI is InChI=1S/C13H20BNO6/c1-12(2,16)13(3,4)21-14(17)10-7-6-9(20-5)8-11(10)15(18)19/h6-8,16-17H,1-5H3. The first kappa shape index (κ1) is 17.4. The summed E-state index contributed by atoms with van der Waals surface area (Å²) < 4.78 is 10.3. The van der Waals surface area contributed by atoms with Gasteiger partial charge in [0.25, 0.3) is 5.69 Å². The van der Waals surface area contributed by atoms with Crippen LogP contribution in [0.2, 0.25) is 0 Å². The van der Waals surface area contributed by atoms with Crippen molar-refractivity contribution in [2.45, 2.75) is 38.9 Å². The highest BCUT2D eigenvalue weighted by atomic mass is 16.6. The summed E-state index contributed by atoms with van der Waals surface area (Å²) in [6.07, 6.45) is 0.